The molecule has 1 saturated carbocycles. The van der Waals surface area contributed by atoms with Gasteiger partial charge in [-0.25, -0.2) is 0 Å². The molecule has 1 aromatic heterocycles. The van der Waals surface area contributed by atoms with Crippen LogP contribution in [0, 0.1) is 0 Å². The highest BCUT2D eigenvalue weighted by Crippen LogP contribution is 2.37. The standard InChI is InChI=1S/C11H18N6OS2/c1-7(2)13-10(19)15-14-9(18)5-20-11-16-12-6-17(11)8-3-4-8/h6-8H,3-5H2,1-2H3,(H,14,18)(H2,13,15,19). The van der Waals surface area contributed by atoms with Crippen molar-refractivity contribution in [3.63, 3.8) is 0 Å². The van der Waals surface area contributed by atoms with Gasteiger partial charge < -0.3 is 9.88 Å². The molecule has 7 nitrogen and oxygen atoms in total. The topological polar surface area (TPSA) is 83.9 Å². The maximum atomic E-state index is 11.7. The Morgan fingerprint density at radius 1 is 1.55 bits per heavy atom. The van der Waals surface area contributed by atoms with E-state index < -0.39 is 0 Å². The van der Waals surface area contributed by atoms with Gasteiger partial charge in [-0.1, -0.05) is 11.8 Å². The lowest BCUT2D eigenvalue weighted by Gasteiger charge is -2.13. The lowest BCUT2D eigenvalue weighted by atomic mass is 10.4. The highest BCUT2D eigenvalue weighted by atomic mass is 32.2. The van der Waals surface area contributed by atoms with E-state index in [9.17, 15) is 4.79 Å². The van der Waals surface area contributed by atoms with Crippen LogP contribution in [0.5, 0.6) is 0 Å². The molecule has 1 aromatic rings. The van der Waals surface area contributed by atoms with Crippen molar-refractivity contribution in [2.45, 2.75) is 43.9 Å². The Labute approximate surface area is 127 Å². The fourth-order valence-corrected chi connectivity index (χ4v) is 2.60. The number of rotatable bonds is 5. The van der Waals surface area contributed by atoms with Crippen LogP contribution in [0.15, 0.2) is 11.5 Å². The molecule has 0 atom stereocenters. The summed E-state index contributed by atoms with van der Waals surface area (Å²) in [7, 11) is 0. The van der Waals surface area contributed by atoms with Gasteiger partial charge in [-0.05, 0) is 38.9 Å². The molecule has 1 aliphatic rings. The van der Waals surface area contributed by atoms with Gasteiger partial charge in [-0.15, -0.1) is 10.2 Å². The zero-order valence-electron chi connectivity index (χ0n) is 11.4. The molecule has 0 spiro atoms. The van der Waals surface area contributed by atoms with E-state index in [1.807, 2.05) is 18.4 Å². The molecule has 1 amide bonds. The molecule has 1 aliphatic carbocycles. The summed E-state index contributed by atoms with van der Waals surface area (Å²) in [5.41, 5.74) is 5.20. The van der Waals surface area contributed by atoms with Crippen LogP contribution in [0.25, 0.3) is 0 Å². The van der Waals surface area contributed by atoms with Gasteiger partial charge in [0.25, 0.3) is 0 Å². The van der Waals surface area contributed by atoms with Crippen molar-refractivity contribution < 1.29 is 4.79 Å². The second-order valence-corrected chi connectivity index (χ2v) is 6.19. The summed E-state index contributed by atoms with van der Waals surface area (Å²) < 4.78 is 2.02. The van der Waals surface area contributed by atoms with Crippen LogP contribution in [0.2, 0.25) is 0 Å². The number of hydrogen-bond acceptors (Lipinski definition) is 5. The summed E-state index contributed by atoms with van der Waals surface area (Å²) >= 11 is 6.37. The average molecular weight is 314 g/mol. The Bertz CT molecular complexity index is 485. The Morgan fingerprint density at radius 3 is 2.95 bits per heavy atom. The van der Waals surface area contributed by atoms with E-state index in [0.29, 0.717) is 11.2 Å². The van der Waals surface area contributed by atoms with Crippen LogP contribution >= 0.6 is 24.0 Å². The molecule has 0 bridgehead atoms. The first-order chi connectivity index (χ1) is 9.56. The monoisotopic (exact) mass is 314 g/mol. The molecule has 2 rings (SSSR count). The van der Waals surface area contributed by atoms with Crippen molar-refractivity contribution in [2.75, 3.05) is 5.75 Å². The molecule has 0 unspecified atom stereocenters. The number of hydrogen-bond donors (Lipinski definition) is 3. The van der Waals surface area contributed by atoms with Gasteiger partial charge in [-0.3, -0.25) is 15.6 Å². The molecule has 20 heavy (non-hydrogen) atoms. The summed E-state index contributed by atoms with van der Waals surface area (Å²) in [5, 5.41) is 12.1. The minimum absolute atomic E-state index is 0.159. The van der Waals surface area contributed by atoms with Crippen LogP contribution in [0.4, 0.5) is 0 Å². The molecule has 1 fully saturated rings. The van der Waals surface area contributed by atoms with Gasteiger partial charge in [0.1, 0.15) is 6.33 Å². The fraction of sp³-hybridized carbons (Fsp3) is 0.636. The van der Waals surface area contributed by atoms with Gasteiger partial charge in [0, 0.05) is 12.1 Å². The van der Waals surface area contributed by atoms with Gasteiger partial charge in [0.15, 0.2) is 10.3 Å². The van der Waals surface area contributed by atoms with E-state index >= 15 is 0 Å². The second kappa shape index (κ2) is 6.89. The van der Waals surface area contributed by atoms with Crippen molar-refractivity contribution in [3.8, 4) is 0 Å². The van der Waals surface area contributed by atoms with Gasteiger partial charge in [0.05, 0.1) is 5.75 Å². The van der Waals surface area contributed by atoms with Crippen molar-refractivity contribution in [1.82, 2.24) is 30.9 Å². The molecular formula is C11H18N6OS2. The summed E-state index contributed by atoms with van der Waals surface area (Å²) in [6.07, 6.45) is 4.04. The van der Waals surface area contributed by atoms with Crippen molar-refractivity contribution in [1.29, 1.82) is 0 Å². The number of hydrazine groups is 1. The number of nitrogens with zero attached hydrogens (tertiary/aromatic N) is 3. The van der Waals surface area contributed by atoms with Gasteiger partial charge >= 0.3 is 0 Å². The van der Waals surface area contributed by atoms with E-state index in [4.69, 9.17) is 12.2 Å². The number of thiocarbonyl (C=S) groups is 1. The predicted molar refractivity (Wildman–Crippen MR) is 81.2 cm³/mol. The summed E-state index contributed by atoms with van der Waals surface area (Å²) in [6.45, 7) is 3.94. The van der Waals surface area contributed by atoms with E-state index in [0.717, 1.165) is 18.0 Å². The highest BCUT2D eigenvalue weighted by Gasteiger charge is 2.26. The molecule has 3 N–H and O–H groups in total. The molecule has 0 aromatic carbocycles. The maximum Gasteiger partial charge on any atom is 0.248 e. The first kappa shape index (κ1) is 15.0. The largest absolute Gasteiger partial charge is 0.359 e. The average Bonchev–Trinajstić information content (AvgIpc) is 3.12. The number of aromatic nitrogens is 3. The van der Waals surface area contributed by atoms with Crippen LogP contribution in [-0.2, 0) is 4.79 Å². The van der Waals surface area contributed by atoms with E-state index in [1.165, 1.54) is 11.8 Å². The molecular weight excluding hydrogens is 296 g/mol. The lowest BCUT2D eigenvalue weighted by Crippen LogP contribution is -2.49. The van der Waals surface area contributed by atoms with Gasteiger partial charge in [0.2, 0.25) is 5.91 Å². The van der Waals surface area contributed by atoms with E-state index in [1.54, 1.807) is 6.33 Å². The number of nitrogens with one attached hydrogen (secondary N) is 3. The number of thioether (sulfide) groups is 1. The van der Waals surface area contributed by atoms with E-state index in [2.05, 4.69) is 26.4 Å². The first-order valence-electron chi connectivity index (χ1n) is 6.44. The second-order valence-electron chi connectivity index (χ2n) is 4.84. The molecule has 9 heteroatoms. The minimum atomic E-state index is -0.159. The van der Waals surface area contributed by atoms with Crippen molar-refractivity contribution in [3.05, 3.63) is 6.33 Å². The Morgan fingerprint density at radius 2 is 2.30 bits per heavy atom. The Hall–Kier alpha value is -1.35. The Balaban J connectivity index is 1.69. The minimum Gasteiger partial charge on any atom is -0.359 e. The third-order valence-electron chi connectivity index (χ3n) is 2.55. The smallest absolute Gasteiger partial charge is 0.248 e. The predicted octanol–water partition coefficient (Wildman–Crippen LogP) is 0.609. The SMILES string of the molecule is CC(C)NC(=S)NNC(=O)CSc1nncn1C1CC1. The highest BCUT2D eigenvalue weighted by molar-refractivity contribution is 7.99. The summed E-state index contributed by atoms with van der Waals surface area (Å²) in [4.78, 5) is 11.7. The van der Waals surface area contributed by atoms with E-state index in [-0.39, 0.29) is 17.7 Å². The zero-order valence-corrected chi connectivity index (χ0v) is 13.1. The third kappa shape index (κ3) is 4.64. The summed E-state index contributed by atoms with van der Waals surface area (Å²) in [6, 6.07) is 0.731. The van der Waals surface area contributed by atoms with Crippen molar-refractivity contribution in [2.24, 2.45) is 0 Å². The Kier molecular flexibility index (Phi) is 5.18. The van der Waals surface area contributed by atoms with Crippen LogP contribution in [0.3, 0.4) is 0 Å². The number of carbonyl (C=O) groups is 1. The number of amides is 1. The first-order valence-corrected chi connectivity index (χ1v) is 7.83. The fourth-order valence-electron chi connectivity index (χ4n) is 1.53. The van der Waals surface area contributed by atoms with Crippen molar-refractivity contribution >= 4 is 35.0 Å². The zero-order chi connectivity index (χ0) is 14.5. The van der Waals surface area contributed by atoms with Crippen LogP contribution in [-0.4, -0.2) is 37.6 Å². The van der Waals surface area contributed by atoms with Crippen LogP contribution < -0.4 is 16.2 Å². The molecule has 0 aliphatic heterocycles. The lowest BCUT2D eigenvalue weighted by molar-refractivity contribution is -0.119. The quantitative estimate of drug-likeness (QED) is 0.417. The summed E-state index contributed by atoms with van der Waals surface area (Å²) in [5.74, 6) is 0.108. The molecule has 0 saturated heterocycles. The molecule has 1 heterocycles. The molecule has 110 valence electrons. The number of carbonyl (C=O) groups excluding carboxylic acids is 1. The third-order valence-corrected chi connectivity index (χ3v) is 3.73. The van der Waals surface area contributed by atoms with Crippen LogP contribution in [0.1, 0.15) is 32.7 Å². The van der Waals surface area contributed by atoms with Gasteiger partial charge in [-0.2, -0.15) is 0 Å². The maximum absolute atomic E-state index is 11.7. The molecule has 0 radical (unpaired) electrons. The normalized spacial score (nSPS) is 14.2.